The normalized spacial score (nSPS) is 11.0. The zero-order valence-electron chi connectivity index (χ0n) is 12.2. The van der Waals surface area contributed by atoms with Crippen LogP contribution in [0, 0.1) is 5.82 Å². The van der Waals surface area contributed by atoms with Gasteiger partial charge in [0, 0.05) is 29.1 Å². The highest BCUT2D eigenvalue weighted by atomic mass is 35.5. The quantitative estimate of drug-likeness (QED) is 0.754. The molecule has 1 aromatic heterocycles. The molecule has 1 heterocycles. The number of anilines is 1. The maximum atomic E-state index is 13.7. The number of amides is 1. The molecule has 0 saturated heterocycles. The Morgan fingerprint density at radius 1 is 1.17 bits per heavy atom. The highest BCUT2D eigenvalue weighted by Gasteiger charge is 2.12. The topological polar surface area (TPSA) is 64.2 Å². The standard InChI is InChI=1S/C16H11Cl2FN2O3/c17-9-1-3-12(11(19)7-9)20-15(22)5-6-21-13-4-2-10(18)8-14(13)24-16(21)23/h1-4,7-8H,5-6H2,(H,20,22). The van der Waals surface area contributed by atoms with E-state index in [1.165, 1.54) is 22.8 Å². The number of fused-ring (bicyclic) bond motifs is 1. The fourth-order valence-corrected chi connectivity index (χ4v) is 2.59. The van der Waals surface area contributed by atoms with Crippen molar-refractivity contribution in [3.8, 4) is 0 Å². The van der Waals surface area contributed by atoms with E-state index < -0.39 is 17.5 Å². The Morgan fingerprint density at radius 2 is 1.88 bits per heavy atom. The van der Waals surface area contributed by atoms with E-state index in [4.69, 9.17) is 27.6 Å². The van der Waals surface area contributed by atoms with Crippen molar-refractivity contribution in [1.82, 2.24) is 4.57 Å². The molecule has 0 spiro atoms. The van der Waals surface area contributed by atoms with Crippen molar-refractivity contribution in [2.24, 2.45) is 0 Å². The summed E-state index contributed by atoms with van der Waals surface area (Å²) in [5, 5.41) is 3.12. The molecule has 24 heavy (non-hydrogen) atoms. The number of nitrogens with zero attached hydrogens (tertiary/aromatic N) is 1. The lowest BCUT2D eigenvalue weighted by atomic mass is 10.3. The van der Waals surface area contributed by atoms with Crippen molar-refractivity contribution in [1.29, 1.82) is 0 Å². The van der Waals surface area contributed by atoms with Gasteiger partial charge in [0.05, 0.1) is 11.2 Å². The number of oxazole rings is 1. The van der Waals surface area contributed by atoms with E-state index >= 15 is 0 Å². The Kier molecular flexibility index (Phi) is 4.59. The lowest BCUT2D eigenvalue weighted by molar-refractivity contribution is -0.116. The van der Waals surface area contributed by atoms with Crippen LogP contribution in [0.1, 0.15) is 6.42 Å². The molecule has 0 aliphatic carbocycles. The smallest absolute Gasteiger partial charge is 0.408 e. The molecular weight excluding hydrogens is 358 g/mol. The molecule has 0 radical (unpaired) electrons. The number of aryl methyl sites for hydroxylation is 1. The Labute approximate surface area is 145 Å². The zero-order valence-corrected chi connectivity index (χ0v) is 13.7. The minimum absolute atomic E-state index is 0.0283. The molecule has 0 saturated carbocycles. The summed E-state index contributed by atoms with van der Waals surface area (Å²) in [6.45, 7) is 0.0918. The third-order valence-corrected chi connectivity index (χ3v) is 3.87. The Hall–Kier alpha value is -2.31. The molecule has 124 valence electrons. The van der Waals surface area contributed by atoms with Crippen LogP contribution in [0.2, 0.25) is 10.0 Å². The maximum Gasteiger partial charge on any atom is 0.419 e. The number of aromatic nitrogens is 1. The van der Waals surface area contributed by atoms with Gasteiger partial charge in [-0.05, 0) is 30.3 Å². The summed E-state index contributed by atoms with van der Waals surface area (Å²) in [5.41, 5.74) is 0.909. The number of rotatable bonds is 4. The SMILES string of the molecule is O=C(CCn1c(=O)oc2cc(Cl)ccc21)Nc1ccc(Cl)cc1F. The van der Waals surface area contributed by atoms with Crippen LogP contribution >= 0.6 is 23.2 Å². The number of carbonyl (C=O) groups is 1. The van der Waals surface area contributed by atoms with Crippen molar-refractivity contribution >= 4 is 45.9 Å². The summed E-state index contributed by atoms with van der Waals surface area (Å²) in [7, 11) is 0. The second-order valence-electron chi connectivity index (χ2n) is 5.05. The lowest BCUT2D eigenvalue weighted by Gasteiger charge is -2.07. The third kappa shape index (κ3) is 3.44. The molecule has 1 N–H and O–H groups in total. The van der Waals surface area contributed by atoms with E-state index in [1.54, 1.807) is 12.1 Å². The minimum atomic E-state index is -0.628. The van der Waals surface area contributed by atoms with Gasteiger partial charge < -0.3 is 9.73 Å². The third-order valence-electron chi connectivity index (χ3n) is 3.40. The monoisotopic (exact) mass is 368 g/mol. The lowest BCUT2D eigenvalue weighted by Crippen LogP contribution is -2.20. The van der Waals surface area contributed by atoms with Gasteiger partial charge in [0.15, 0.2) is 5.58 Å². The van der Waals surface area contributed by atoms with Crippen molar-refractivity contribution in [3.63, 3.8) is 0 Å². The summed E-state index contributed by atoms with van der Waals surface area (Å²) >= 11 is 11.5. The average molecular weight is 369 g/mol. The molecule has 0 unspecified atom stereocenters. The van der Waals surface area contributed by atoms with Crippen molar-refractivity contribution in [2.75, 3.05) is 5.32 Å². The molecule has 1 amide bonds. The zero-order chi connectivity index (χ0) is 17.3. The first-order chi connectivity index (χ1) is 11.4. The van der Waals surface area contributed by atoms with Gasteiger partial charge in [-0.25, -0.2) is 9.18 Å². The first-order valence-corrected chi connectivity index (χ1v) is 7.73. The molecule has 8 heteroatoms. The molecule has 2 aromatic carbocycles. The predicted molar refractivity (Wildman–Crippen MR) is 90.1 cm³/mol. The number of nitrogens with one attached hydrogen (secondary N) is 1. The summed E-state index contributed by atoms with van der Waals surface area (Å²) in [5.74, 6) is -1.65. The van der Waals surface area contributed by atoms with Gasteiger partial charge in [-0.2, -0.15) is 0 Å². The van der Waals surface area contributed by atoms with Crippen molar-refractivity contribution < 1.29 is 13.6 Å². The second kappa shape index (κ2) is 6.67. The van der Waals surface area contributed by atoms with Crippen LogP contribution in [-0.2, 0) is 11.3 Å². The molecule has 5 nitrogen and oxygen atoms in total. The van der Waals surface area contributed by atoms with Gasteiger partial charge in [0.2, 0.25) is 5.91 Å². The van der Waals surface area contributed by atoms with Crippen molar-refractivity contribution in [2.45, 2.75) is 13.0 Å². The Morgan fingerprint density at radius 3 is 2.62 bits per heavy atom. The van der Waals surface area contributed by atoms with E-state index in [0.717, 1.165) is 6.07 Å². The van der Waals surface area contributed by atoms with E-state index in [-0.39, 0.29) is 23.7 Å². The molecule has 0 aliphatic rings. The fraction of sp³-hybridized carbons (Fsp3) is 0.125. The molecule has 0 fully saturated rings. The highest BCUT2D eigenvalue weighted by molar-refractivity contribution is 6.31. The van der Waals surface area contributed by atoms with E-state index in [2.05, 4.69) is 5.32 Å². The first-order valence-electron chi connectivity index (χ1n) is 6.98. The maximum absolute atomic E-state index is 13.7. The summed E-state index contributed by atoms with van der Waals surface area (Å²) in [6, 6.07) is 8.74. The number of carbonyl (C=O) groups excluding carboxylic acids is 1. The average Bonchev–Trinajstić information content (AvgIpc) is 2.82. The van der Waals surface area contributed by atoms with Gasteiger partial charge >= 0.3 is 5.76 Å². The van der Waals surface area contributed by atoms with Gasteiger partial charge in [-0.3, -0.25) is 9.36 Å². The Bertz CT molecular complexity index is 981. The molecule has 3 rings (SSSR count). The van der Waals surface area contributed by atoms with Crippen LogP contribution < -0.4 is 11.1 Å². The Balaban J connectivity index is 1.73. The fourth-order valence-electron chi connectivity index (χ4n) is 2.27. The highest BCUT2D eigenvalue weighted by Crippen LogP contribution is 2.20. The number of benzene rings is 2. The van der Waals surface area contributed by atoms with Crippen LogP contribution in [0.3, 0.4) is 0 Å². The predicted octanol–water partition coefficient (Wildman–Crippen LogP) is 4.07. The van der Waals surface area contributed by atoms with Crippen molar-refractivity contribution in [3.05, 3.63) is 62.8 Å². The van der Waals surface area contributed by atoms with Crippen LogP contribution in [0.4, 0.5) is 10.1 Å². The minimum Gasteiger partial charge on any atom is -0.408 e. The van der Waals surface area contributed by atoms with Crippen LogP contribution in [0.5, 0.6) is 0 Å². The molecule has 0 aliphatic heterocycles. The molecule has 3 aromatic rings. The van der Waals surface area contributed by atoms with Gasteiger partial charge in [0.25, 0.3) is 0 Å². The summed E-state index contributed by atoms with van der Waals surface area (Å²) in [4.78, 5) is 23.8. The van der Waals surface area contributed by atoms with Crippen LogP contribution in [-0.4, -0.2) is 10.5 Å². The first kappa shape index (κ1) is 16.5. The van der Waals surface area contributed by atoms with E-state index in [0.29, 0.717) is 16.1 Å². The van der Waals surface area contributed by atoms with Gasteiger partial charge in [-0.15, -0.1) is 0 Å². The number of hydrogen-bond acceptors (Lipinski definition) is 3. The van der Waals surface area contributed by atoms with Gasteiger partial charge in [0.1, 0.15) is 5.82 Å². The number of halogens is 3. The molecule has 0 bridgehead atoms. The van der Waals surface area contributed by atoms with Gasteiger partial charge in [-0.1, -0.05) is 23.2 Å². The molecule has 0 atom stereocenters. The number of hydrogen-bond donors (Lipinski definition) is 1. The second-order valence-corrected chi connectivity index (χ2v) is 5.93. The molecular formula is C16H11Cl2FN2O3. The van der Waals surface area contributed by atoms with E-state index in [1.807, 2.05) is 0 Å². The van der Waals surface area contributed by atoms with E-state index in [9.17, 15) is 14.0 Å². The summed E-state index contributed by atoms with van der Waals surface area (Å²) < 4.78 is 20.1. The largest absolute Gasteiger partial charge is 0.419 e. The van der Waals surface area contributed by atoms with Crippen LogP contribution in [0.25, 0.3) is 11.1 Å². The summed E-state index contributed by atoms with van der Waals surface area (Å²) in [6.07, 6.45) is -0.0285. The van der Waals surface area contributed by atoms with Crippen LogP contribution in [0.15, 0.2) is 45.6 Å².